The van der Waals surface area contributed by atoms with E-state index in [-0.39, 0.29) is 11.9 Å². The number of rotatable bonds is 3. The van der Waals surface area contributed by atoms with Gasteiger partial charge in [-0.05, 0) is 24.6 Å². The Morgan fingerprint density at radius 2 is 2.47 bits per heavy atom. The van der Waals surface area contributed by atoms with E-state index in [1.165, 1.54) is 0 Å². The molecule has 0 spiro atoms. The fourth-order valence-corrected chi connectivity index (χ4v) is 3.11. The van der Waals surface area contributed by atoms with Crippen LogP contribution in [-0.4, -0.2) is 33.5 Å². The van der Waals surface area contributed by atoms with Crippen LogP contribution in [0.3, 0.4) is 0 Å². The maximum absolute atomic E-state index is 11.9. The number of aromatic amines is 1. The quantitative estimate of drug-likeness (QED) is 0.786. The molecule has 0 aliphatic carbocycles. The van der Waals surface area contributed by atoms with Gasteiger partial charge in [0.1, 0.15) is 5.82 Å². The van der Waals surface area contributed by atoms with Crippen molar-refractivity contribution in [2.75, 3.05) is 11.6 Å². The molecule has 2 aromatic rings. The van der Waals surface area contributed by atoms with Gasteiger partial charge in [-0.1, -0.05) is 6.07 Å². The van der Waals surface area contributed by atoms with E-state index >= 15 is 0 Å². The first-order valence-electron chi connectivity index (χ1n) is 6.26. The summed E-state index contributed by atoms with van der Waals surface area (Å²) in [6.07, 6.45) is 0. The Bertz CT molecular complexity index is 604. The number of nitrogens with one attached hydrogen (secondary N) is 3. The Hall–Kier alpha value is -1.53. The maximum Gasteiger partial charge on any atom is 0.238 e. The number of thioether (sulfide) groups is 1. The monoisotopic (exact) mass is 276 g/mol. The molecule has 2 heterocycles. The van der Waals surface area contributed by atoms with Gasteiger partial charge in [-0.3, -0.25) is 10.1 Å². The van der Waals surface area contributed by atoms with Crippen LogP contribution in [0.15, 0.2) is 18.2 Å². The van der Waals surface area contributed by atoms with Gasteiger partial charge in [-0.25, -0.2) is 4.98 Å². The van der Waals surface area contributed by atoms with Gasteiger partial charge in [0.05, 0.1) is 17.1 Å². The standard InChI is InChI=1S/C13H16N4OS/c1-8-16-10-3-2-9(4-11(10)17-8)5-14-13(18)12-6-19-7-15-12/h2-4,12,15H,5-7H2,1H3,(H,14,18)(H,16,17). The zero-order valence-electron chi connectivity index (χ0n) is 10.7. The summed E-state index contributed by atoms with van der Waals surface area (Å²) < 4.78 is 0. The highest BCUT2D eigenvalue weighted by atomic mass is 32.2. The van der Waals surface area contributed by atoms with Crippen LogP contribution in [0.1, 0.15) is 11.4 Å². The van der Waals surface area contributed by atoms with Crippen molar-refractivity contribution in [1.82, 2.24) is 20.6 Å². The van der Waals surface area contributed by atoms with E-state index in [4.69, 9.17) is 0 Å². The van der Waals surface area contributed by atoms with Crippen molar-refractivity contribution in [2.45, 2.75) is 19.5 Å². The maximum atomic E-state index is 11.9. The van der Waals surface area contributed by atoms with Crippen LogP contribution in [0.4, 0.5) is 0 Å². The summed E-state index contributed by atoms with van der Waals surface area (Å²) in [6, 6.07) is 5.96. The SMILES string of the molecule is Cc1nc2ccc(CNC(=O)C3CSCN3)cc2[nH]1. The Labute approximate surface area is 115 Å². The Balaban J connectivity index is 1.65. The van der Waals surface area contributed by atoms with Crippen LogP contribution in [0.5, 0.6) is 0 Å². The minimum absolute atomic E-state index is 0.0527. The molecule has 1 unspecified atom stereocenters. The Morgan fingerprint density at radius 3 is 3.26 bits per heavy atom. The molecule has 1 amide bonds. The summed E-state index contributed by atoms with van der Waals surface area (Å²) in [5, 5.41) is 6.12. The van der Waals surface area contributed by atoms with Gasteiger partial charge in [0.25, 0.3) is 0 Å². The minimum atomic E-state index is -0.0527. The molecule has 1 aromatic carbocycles. The second-order valence-electron chi connectivity index (χ2n) is 4.66. The molecule has 1 atom stereocenters. The van der Waals surface area contributed by atoms with Crippen LogP contribution < -0.4 is 10.6 Å². The number of imidazole rings is 1. The van der Waals surface area contributed by atoms with Gasteiger partial charge in [0.15, 0.2) is 0 Å². The molecule has 1 aliphatic heterocycles. The summed E-state index contributed by atoms with van der Waals surface area (Å²) in [7, 11) is 0. The number of aryl methyl sites for hydroxylation is 1. The number of H-pyrrole nitrogens is 1. The Morgan fingerprint density at radius 1 is 1.58 bits per heavy atom. The van der Waals surface area contributed by atoms with Crippen molar-refractivity contribution >= 4 is 28.7 Å². The van der Waals surface area contributed by atoms with Gasteiger partial charge >= 0.3 is 0 Å². The first-order valence-corrected chi connectivity index (χ1v) is 7.42. The van der Waals surface area contributed by atoms with Crippen LogP contribution in [0.25, 0.3) is 11.0 Å². The lowest BCUT2D eigenvalue weighted by atomic mass is 10.2. The molecular weight excluding hydrogens is 260 g/mol. The number of amides is 1. The summed E-state index contributed by atoms with van der Waals surface area (Å²) in [5.41, 5.74) is 3.05. The molecule has 0 radical (unpaired) electrons. The molecule has 0 bridgehead atoms. The summed E-state index contributed by atoms with van der Waals surface area (Å²) in [6.45, 7) is 2.49. The van der Waals surface area contributed by atoms with Crippen LogP contribution in [0.2, 0.25) is 0 Å². The van der Waals surface area contributed by atoms with Crippen molar-refractivity contribution < 1.29 is 4.79 Å². The second-order valence-corrected chi connectivity index (χ2v) is 5.69. The van der Waals surface area contributed by atoms with Crippen molar-refractivity contribution in [3.63, 3.8) is 0 Å². The predicted octanol–water partition coefficient (Wildman–Crippen LogP) is 1.15. The smallest absolute Gasteiger partial charge is 0.238 e. The largest absolute Gasteiger partial charge is 0.351 e. The zero-order chi connectivity index (χ0) is 13.2. The molecule has 1 aromatic heterocycles. The van der Waals surface area contributed by atoms with Gasteiger partial charge in [0, 0.05) is 18.2 Å². The summed E-state index contributed by atoms with van der Waals surface area (Å²) in [4.78, 5) is 19.4. The molecule has 6 heteroatoms. The molecule has 19 heavy (non-hydrogen) atoms. The van der Waals surface area contributed by atoms with E-state index in [2.05, 4.69) is 20.6 Å². The summed E-state index contributed by atoms with van der Waals surface area (Å²) >= 11 is 1.75. The molecule has 0 saturated carbocycles. The first-order chi connectivity index (χ1) is 9.22. The van der Waals surface area contributed by atoms with Crippen molar-refractivity contribution in [3.8, 4) is 0 Å². The highest BCUT2D eigenvalue weighted by molar-refractivity contribution is 7.99. The highest BCUT2D eigenvalue weighted by Gasteiger charge is 2.21. The molecule has 100 valence electrons. The highest BCUT2D eigenvalue weighted by Crippen LogP contribution is 2.14. The van der Waals surface area contributed by atoms with E-state index in [0.29, 0.717) is 6.54 Å². The molecular formula is C13H16N4OS. The fourth-order valence-electron chi connectivity index (χ4n) is 2.17. The molecule has 1 aliphatic rings. The number of hydrogen-bond acceptors (Lipinski definition) is 4. The number of benzene rings is 1. The van der Waals surface area contributed by atoms with Crippen molar-refractivity contribution in [1.29, 1.82) is 0 Å². The number of fused-ring (bicyclic) bond motifs is 1. The Kier molecular flexibility index (Phi) is 3.44. The lowest BCUT2D eigenvalue weighted by Gasteiger charge is -2.10. The van der Waals surface area contributed by atoms with Gasteiger partial charge < -0.3 is 10.3 Å². The van der Waals surface area contributed by atoms with Gasteiger partial charge in [-0.15, -0.1) is 11.8 Å². The molecule has 3 rings (SSSR count). The number of hydrogen-bond donors (Lipinski definition) is 3. The van der Waals surface area contributed by atoms with Gasteiger partial charge in [-0.2, -0.15) is 0 Å². The number of aromatic nitrogens is 2. The van der Waals surface area contributed by atoms with Crippen molar-refractivity contribution in [3.05, 3.63) is 29.6 Å². The average Bonchev–Trinajstić information content (AvgIpc) is 3.03. The second kappa shape index (κ2) is 5.22. The van der Waals surface area contributed by atoms with Gasteiger partial charge in [0.2, 0.25) is 5.91 Å². The predicted molar refractivity (Wildman–Crippen MR) is 76.9 cm³/mol. The lowest BCUT2D eigenvalue weighted by Crippen LogP contribution is -2.41. The lowest BCUT2D eigenvalue weighted by molar-refractivity contribution is -0.122. The van der Waals surface area contributed by atoms with E-state index in [1.807, 2.05) is 25.1 Å². The normalized spacial score (nSPS) is 18.9. The van der Waals surface area contributed by atoms with E-state index < -0.39 is 0 Å². The molecule has 1 fully saturated rings. The van der Waals surface area contributed by atoms with Crippen LogP contribution >= 0.6 is 11.8 Å². The van der Waals surface area contributed by atoms with E-state index in [1.54, 1.807) is 11.8 Å². The zero-order valence-corrected chi connectivity index (χ0v) is 11.5. The molecule has 5 nitrogen and oxygen atoms in total. The fraction of sp³-hybridized carbons (Fsp3) is 0.385. The number of nitrogens with zero attached hydrogens (tertiary/aromatic N) is 1. The summed E-state index contributed by atoms with van der Waals surface area (Å²) in [5.74, 6) is 2.69. The minimum Gasteiger partial charge on any atom is -0.351 e. The van der Waals surface area contributed by atoms with Crippen molar-refractivity contribution in [2.24, 2.45) is 0 Å². The first kappa shape index (κ1) is 12.5. The molecule has 3 N–H and O–H groups in total. The number of carbonyl (C=O) groups is 1. The number of carbonyl (C=O) groups excluding carboxylic acids is 1. The van der Waals surface area contributed by atoms with Crippen LogP contribution in [-0.2, 0) is 11.3 Å². The average molecular weight is 276 g/mol. The van der Waals surface area contributed by atoms with E-state index in [9.17, 15) is 4.79 Å². The van der Waals surface area contributed by atoms with E-state index in [0.717, 1.165) is 34.1 Å². The topological polar surface area (TPSA) is 69.8 Å². The third-order valence-corrected chi connectivity index (χ3v) is 4.10. The third kappa shape index (κ3) is 2.74. The van der Waals surface area contributed by atoms with Crippen LogP contribution in [0, 0.1) is 6.92 Å². The third-order valence-electron chi connectivity index (χ3n) is 3.16. The molecule has 1 saturated heterocycles.